The molecule has 0 aliphatic carbocycles. The smallest absolute Gasteiger partial charge is 0.124 e. The van der Waals surface area contributed by atoms with Crippen LogP contribution in [0.25, 0.3) is 0 Å². The summed E-state index contributed by atoms with van der Waals surface area (Å²) in [5, 5.41) is 1.07. The molecule has 2 aromatic rings. The molecule has 90 valence electrons. The number of hydrogen-bond donors (Lipinski definition) is 1. The third kappa shape index (κ3) is 3.28. The lowest BCUT2D eigenvalue weighted by atomic mass is 10.1. The first kappa shape index (κ1) is 12.1. The van der Waals surface area contributed by atoms with E-state index in [-0.39, 0.29) is 6.04 Å². The van der Waals surface area contributed by atoms with Crippen LogP contribution in [0.15, 0.2) is 30.5 Å². The van der Waals surface area contributed by atoms with Crippen LogP contribution in [0.4, 0.5) is 0 Å². The number of aryl methyl sites for hydroxylation is 1. The third-order valence-electron chi connectivity index (χ3n) is 2.46. The fourth-order valence-electron chi connectivity index (χ4n) is 1.49. The van der Waals surface area contributed by atoms with Crippen molar-refractivity contribution in [1.82, 2.24) is 4.98 Å². The number of nitrogens with two attached hydrogens (primary N) is 1. The van der Waals surface area contributed by atoms with Crippen LogP contribution in [0, 0.1) is 6.92 Å². The van der Waals surface area contributed by atoms with Crippen LogP contribution in [0.2, 0.25) is 0 Å². The van der Waals surface area contributed by atoms with E-state index < -0.39 is 0 Å². The molecule has 0 radical (unpaired) electrons. The molecule has 1 aromatic heterocycles. The lowest BCUT2D eigenvalue weighted by Crippen LogP contribution is -2.04. The quantitative estimate of drug-likeness (QED) is 0.904. The number of aromatic nitrogens is 1. The van der Waals surface area contributed by atoms with Crippen LogP contribution < -0.4 is 10.5 Å². The zero-order chi connectivity index (χ0) is 12.3. The van der Waals surface area contributed by atoms with Crippen molar-refractivity contribution in [1.29, 1.82) is 0 Å². The molecule has 0 fully saturated rings. The summed E-state index contributed by atoms with van der Waals surface area (Å²) in [4.78, 5) is 5.33. The van der Waals surface area contributed by atoms with Crippen LogP contribution in [0.3, 0.4) is 0 Å². The highest BCUT2D eigenvalue weighted by molar-refractivity contribution is 7.11. The first-order valence-electron chi connectivity index (χ1n) is 5.55. The zero-order valence-corrected chi connectivity index (χ0v) is 10.8. The largest absolute Gasteiger partial charge is 0.488 e. The molecule has 0 aliphatic heterocycles. The molecular formula is C13H16N2OS. The molecule has 0 aliphatic rings. The van der Waals surface area contributed by atoms with Gasteiger partial charge in [-0.2, -0.15) is 0 Å². The fourth-order valence-corrected chi connectivity index (χ4v) is 2.20. The van der Waals surface area contributed by atoms with Gasteiger partial charge in [-0.1, -0.05) is 12.1 Å². The molecule has 3 nitrogen and oxygen atoms in total. The number of hydrogen-bond acceptors (Lipinski definition) is 4. The highest BCUT2D eigenvalue weighted by atomic mass is 32.1. The SMILES string of the molecule is Cc1ncc(COc2ccc([C@H](C)N)cc2)s1. The Hall–Kier alpha value is -1.39. The van der Waals surface area contributed by atoms with Gasteiger partial charge in [-0.3, -0.25) is 0 Å². The maximum absolute atomic E-state index is 5.78. The predicted molar refractivity (Wildman–Crippen MR) is 70.2 cm³/mol. The van der Waals surface area contributed by atoms with Gasteiger partial charge in [0.25, 0.3) is 0 Å². The van der Waals surface area contributed by atoms with Crippen molar-refractivity contribution >= 4 is 11.3 Å². The van der Waals surface area contributed by atoms with E-state index >= 15 is 0 Å². The zero-order valence-electron chi connectivity index (χ0n) is 10.0. The van der Waals surface area contributed by atoms with E-state index in [0.29, 0.717) is 6.61 Å². The first-order chi connectivity index (χ1) is 8.15. The van der Waals surface area contributed by atoms with Crippen molar-refractivity contribution in [3.8, 4) is 5.75 Å². The Kier molecular flexibility index (Phi) is 3.76. The van der Waals surface area contributed by atoms with Gasteiger partial charge < -0.3 is 10.5 Å². The molecule has 4 heteroatoms. The van der Waals surface area contributed by atoms with Crippen LogP contribution in [-0.2, 0) is 6.61 Å². The molecule has 0 spiro atoms. The normalized spacial score (nSPS) is 12.4. The van der Waals surface area contributed by atoms with Crippen LogP contribution >= 0.6 is 11.3 Å². The van der Waals surface area contributed by atoms with Gasteiger partial charge in [-0.25, -0.2) is 4.98 Å². The summed E-state index contributed by atoms with van der Waals surface area (Å²) >= 11 is 1.66. The van der Waals surface area contributed by atoms with Gasteiger partial charge in [0.15, 0.2) is 0 Å². The van der Waals surface area contributed by atoms with Crippen molar-refractivity contribution in [2.45, 2.75) is 26.5 Å². The molecule has 1 atom stereocenters. The second-order valence-corrected chi connectivity index (χ2v) is 5.31. The molecule has 0 saturated carbocycles. The highest BCUT2D eigenvalue weighted by Gasteiger charge is 2.01. The van der Waals surface area contributed by atoms with Gasteiger partial charge in [0, 0.05) is 12.2 Å². The van der Waals surface area contributed by atoms with Gasteiger partial charge in [-0.15, -0.1) is 11.3 Å². The number of benzene rings is 1. The Labute approximate surface area is 105 Å². The standard InChI is InChI=1S/C13H16N2OS/c1-9(14)11-3-5-12(6-4-11)16-8-13-7-15-10(2)17-13/h3-7,9H,8,14H2,1-2H3/t9-/m0/s1. The van der Waals surface area contributed by atoms with Crippen molar-refractivity contribution in [3.63, 3.8) is 0 Å². The average molecular weight is 248 g/mol. The van der Waals surface area contributed by atoms with E-state index in [1.165, 1.54) is 0 Å². The van der Waals surface area contributed by atoms with Gasteiger partial charge in [-0.05, 0) is 31.5 Å². The number of thiazole rings is 1. The van der Waals surface area contributed by atoms with Crippen LogP contribution in [0.1, 0.15) is 28.4 Å². The highest BCUT2D eigenvalue weighted by Crippen LogP contribution is 2.19. The summed E-state index contributed by atoms with van der Waals surface area (Å²) in [6.07, 6.45) is 1.86. The summed E-state index contributed by atoms with van der Waals surface area (Å²) in [6, 6.07) is 7.96. The van der Waals surface area contributed by atoms with E-state index in [4.69, 9.17) is 10.5 Å². The Morgan fingerprint density at radius 3 is 2.59 bits per heavy atom. The molecule has 17 heavy (non-hydrogen) atoms. The Morgan fingerprint density at radius 1 is 1.35 bits per heavy atom. The van der Waals surface area contributed by atoms with Gasteiger partial charge in [0.05, 0.1) is 9.88 Å². The number of nitrogens with zero attached hydrogens (tertiary/aromatic N) is 1. The van der Waals surface area contributed by atoms with Crippen molar-refractivity contribution in [2.24, 2.45) is 5.73 Å². The fraction of sp³-hybridized carbons (Fsp3) is 0.308. The minimum Gasteiger partial charge on any atom is -0.488 e. The Morgan fingerprint density at radius 2 is 2.06 bits per heavy atom. The Bertz CT molecular complexity index is 476. The summed E-state index contributed by atoms with van der Waals surface area (Å²) in [6.45, 7) is 4.53. The third-order valence-corrected chi connectivity index (χ3v) is 3.34. The van der Waals surface area contributed by atoms with E-state index in [2.05, 4.69) is 4.98 Å². The molecule has 0 unspecified atom stereocenters. The maximum atomic E-state index is 5.78. The van der Waals surface area contributed by atoms with E-state index in [1.54, 1.807) is 11.3 Å². The summed E-state index contributed by atoms with van der Waals surface area (Å²) in [5.41, 5.74) is 6.90. The molecular weight excluding hydrogens is 232 g/mol. The topological polar surface area (TPSA) is 48.1 Å². The first-order valence-corrected chi connectivity index (χ1v) is 6.36. The van der Waals surface area contributed by atoms with Crippen molar-refractivity contribution in [2.75, 3.05) is 0 Å². The summed E-state index contributed by atoms with van der Waals surface area (Å²) in [7, 11) is 0. The van der Waals surface area contributed by atoms with Gasteiger partial charge in [0.1, 0.15) is 12.4 Å². The van der Waals surface area contributed by atoms with Crippen molar-refractivity contribution in [3.05, 3.63) is 45.9 Å². The van der Waals surface area contributed by atoms with E-state index in [9.17, 15) is 0 Å². The monoisotopic (exact) mass is 248 g/mol. The average Bonchev–Trinajstić information content (AvgIpc) is 2.73. The minimum absolute atomic E-state index is 0.0631. The summed E-state index contributed by atoms with van der Waals surface area (Å²) in [5.74, 6) is 0.862. The molecule has 0 amide bonds. The minimum atomic E-state index is 0.0631. The van der Waals surface area contributed by atoms with Gasteiger partial charge in [0.2, 0.25) is 0 Å². The molecule has 1 aromatic carbocycles. The number of ether oxygens (including phenoxy) is 1. The van der Waals surface area contributed by atoms with E-state index in [1.807, 2.05) is 44.3 Å². The van der Waals surface area contributed by atoms with Crippen LogP contribution in [-0.4, -0.2) is 4.98 Å². The molecule has 1 heterocycles. The van der Waals surface area contributed by atoms with Crippen LogP contribution in [0.5, 0.6) is 5.75 Å². The molecule has 2 N–H and O–H groups in total. The molecule has 0 bridgehead atoms. The van der Waals surface area contributed by atoms with Gasteiger partial charge >= 0.3 is 0 Å². The number of rotatable bonds is 4. The van der Waals surface area contributed by atoms with Crippen molar-refractivity contribution < 1.29 is 4.74 Å². The lowest BCUT2D eigenvalue weighted by molar-refractivity contribution is 0.309. The molecule has 0 saturated heterocycles. The predicted octanol–water partition coefficient (Wildman–Crippen LogP) is 3.05. The summed E-state index contributed by atoms with van der Waals surface area (Å²) < 4.78 is 5.67. The van der Waals surface area contributed by atoms with E-state index in [0.717, 1.165) is 21.2 Å². The Balaban J connectivity index is 1.95. The molecule has 2 rings (SSSR count). The maximum Gasteiger partial charge on any atom is 0.124 e. The lowest BCUT2D eigenvalue weighted by Gasteiger charge is -2.07. The second kappa shape index (κ2) is 5.29. The second-order valence-electron chi connectivity index (χ2n) is 3.99.